The molecule has 0 radical (unpaired) electrons. The Bertz CT molecular complexity index is 1010. The summed E-state index contributed by atoms with van der Waals surface area (Å²) in [6, 6.07) is 13.1. The standard InChI is InChI=1S/C19H20ClN3O4S2/c1-12-4-2-3-5-15(12)22-17(24)11-28-19-21-10-16(18(25)23-19)29(26,27)14-8-6-13(20)7-9-14/h2-9,16,19,21H,10-11H2,1H3,(H,22,24)(H,23,25). The molecular weight excluding hydrogens is 434 g/mol. The molecule has 2 unspecified atom stereocenters. The lowest BCUT2D eigenvalue weighted by Crippen LogP contribution is -2.59. The fraction of sp³-hybridized carbons (Fsp3) is 0.263. The minimum atomic E-state index is -3.85. The zero-order chi connectivity index (χ0) is 21.0. The Labute approximate surface area is 178 Å². The number of para-hydroxylation sites is 1. The topological polar surface area (TPSA) is 104 Å². The summed E-state index contributed by atoms with van der Waals surface area (Å²) in [7, 11) is -3.85. The maximum absolute atomic E-state index is 12.7. The highest BCUT2D eigenvalue weighted by atomic mass is 35.5. The van der Waals surface area contributed by atoms with Crippen LogP contribution in [0.15, 0.2) is 53.4 Å². The molecule has 1 saturated heterocycles. The van der Waals surface area contributed by atoms with Crippen molar-refractivity contribution in [3.63, 3.8) is 0 Å². The van der Waals surface area contributed by atoms with Crippen molar-refractivity contribution >= 4 is 50.7 Å². The summed E-state index contributed by atoms with van der Waals surface area (Å²) in [6.45, 7) is 1.85. The van der Waals surface area contributed by atoms with Gasteiger partial charge < -0.3 is 10.6 Å². The third kappa shape index (κ3) is 5.30. The molecule has 0 aliphatic carbocycles. The molecule has 10 heteroatoms. The van der Waals surface area contributed by atoms with Crippen molar-refractivity contribution in [2.24, 2.45) is 0 Å². The number of amides is 2. The lowest BCUT2D eigenvalue weighted by atomic mass is 10.2. The van der Waals surface area contributed by atoms with Crippen LogP contribution in [0.25, 0.3) is 0 Å². The van der Waals surface area contributed by atoms with Gasteiger partial charge >= 0.3 is 0 Å². The summed E-state index contributed by atoms with van der Waals surface area (Å²) < 4.78 is 25.4. The summed E-state index contributed by atoms with van der Waals surface area (Å²) in [4.78, 5) is 24.6. The average molecular weight is 454 g/mol. The second-order valence-corrected chi connectivity index (χ2v) is 10.1. The molecule has 7 nitrogen and oxygen atoms in total. The Morgan fingerprint density at radius 3 is 2.55 bits per heavy atom. The molecule has 3 N–H and O–H groups in total. The van der Waals surface area contributed by atoms with Crippen LogP contribution in [0.1, 0.15) is 5.56 Å². The van der Waals surface area contributed by atoms with Gasteiger partial charge in [0.25, 0.3) is 0 Å². The van der Waals surface area contributed by atoms with E-state index in [9.17, 15) is 18.0 Å². The molecule has 0 aromatic heterocycles. The summed E-state index contributed by atoms with van der Waals surface area (Å²) >= 11 is 6.97. The number of thioether (sulfide) groups is 1. The first-order valence-corrected chi connectivity index (χ1v) is 11.7. The van der Waals surface area contributed by atoms with Gasteiger partial charge in [0.2, 0.25) is 11.8 Å². The highest BCUT2D eigenvalue weighted by Gasteiger charge is 2.38. The first kappa shape index (κ1) is 21.6. The Hall–Kier alpha value is -2.07. The molecule has 2 aromatic rings. The number of rotatable bonds is 6. The first-order valence-electron chi connectivity index (χ1n) is 8.77. The number of halogens is 1. The summed E-state index contributed by atoms with van der Waals surface area (Å²) in [5, 5.41) is 7.55. The number of nitrogens with one attached hydrogen (secondary N) is 3. The fourth-order valence-electron chi connectivity index (χ4n) is 2.78. The molecule has 3 rings (SSSR count). The van der Waals surface area contributed by atoms with Crippen molar-refractivity contribution in [2.75, 3.05) is 17.6 Å². The molecule has 1 aliphatic rings. The molecule has 0 spiro atoms. The monoisotopic (exact) mass is 453 g/mol. The quantitative estimate of drug-likeness (QED) is 0.619. The van der Waals surface area contributed by atoms with Gasteiger partial charge in [0.05, 0.1) is 10.6 Å². The van der Waals surface area contributed by atoms with Crippen molar-refractivity contribution in [1.29, 1.82) is 0 Å². The molecule has 154 valence electrons. The molecule has 0 saturated carbocycles. The van der Waals surface area contributed by atoms with Crippen LogP contribution in [0, 0.1) is 6.92 Å². The van der Waals surface area contributed by atoms with Gasteiger partial charge in [0, 0.05) is 17.3 Å². The Kier molecular flexibility index (Phi) is 6.84. The second-order valence-electron chi connectivity index (χ2n) is 6.46. The van der Waals surface area contributed by atoms with E-state index < -0.39 is 26.5 Å². The van der Waals surface area contributed by atoms with Crippen molar-refractivity contribution in [2.45, 2.75) is 22.6 Å². The van der Waals surface area contributed by atoms with E-state index >= 15 is 0 Å². The fourth-order valence-corrected chi connectivity index (χ4v) is 5.22. The highest BCUT2D eigenvalue weighted by Crippen LogP contribution is 2.22. The molecule has 29 heavy (non-hydrogen) atoms. The van der Waals surface area contributed by atoms with Crippen LogP contribution in [-0.2, 0) is 19.4 Å². The third-order valence-electron chi connectivity index (χ3n) is 4.37. The van der Waals surface area contributed by atoms with Gasteiger partial charge in [0.1, 0.15) is 5.50 Å². The van der Waals surface area contributed by atoms with Crippen LogP contribution in [-0.4, -0.2) is 43.3 Å². The Morgan fingerprint density at radius 1 is 1.21 bits per heavy atom. The molecule has 1 aliphatic heterocycles. The summed E-state index contributed by atoms with van der Waals surface area (Å²) in [6.07, 6.45) is 0. The van der Waals surface area contributed by atoms with Gasteiger partial charge in [0.15, 0.2) is 15.1 Å². The van der Waals surface area contributed by atoms with Crippen LogP contribution < -0.4 is 16.0 Å². The van der Waals surface area contributed by atoms with Gasteiger partial charge in [-0.1, -0.05) is 29.8 Å². The molecule has 2 aromatic carbocycles. The van der Waals surface area contributed by atoms with Gasteiger partial charge in [-0.2, -0.15) is 0 Å². The number of hydrogen-bond acceptors (Lipinski definition) is 6. The number of sulfone groups is 1. The molecule has 2 atom stereocenters. The van der Waals surface area contributed by atoms with E-state index in [4.69, 9.17) is 11.6 Å². The molecule has 2 amide bonds. The van der Waals surface area contributed by atoms with Crippen LogP contribution in [0.2, 0.25) is 5.02 Å². The minimum Gasteiger partial charge on any atom is -0.331 e. The molecular formula is C19H20ClN3O4S2. The largest absolute Gasteiger partial charge is 0.331 e. The zero-order valence-corrected chi connectivity index (χ0v) is 17.9. The Balaban J connectivity index is 1.55. The number of anilines is 1. The van der Waals surface area contributed by atoms with E-state index in [1.807, 2.05) is 31.2 Å². The van der Waals surface area contributed by atoms with Gasteiger partial charge in [-0.3, -0.25) is 14.9 Å². The molecule has 1 heterocycles. The van der Waals surface area contributed by atoms with E-state index in [1.54, 1.807) is 0 Å². The highest BCUT2D eigenvalue weighted by molar-refractivity contribution is 8.00. The predicted octanol–water partition coefficient (Wildman–Crippen LogP) is 2.17. The second kappa shape index (κ2) is 9.17. The number of benzene rings is 2. The Morgan fingerprint density at radius 2 is 1.90 bits per heavy atom. The molecule has 0 bridgehead atoms. The maximum Gasteiger partial charge on any atom is 0.241 e. The minimum absolute atomic E-state index is 0.0348. The maximum atomic E-state index is 12.7. The third-order valence-corrected chi connectivity index (χ3v) is 7.73. The van der Waals surface area contributed by atoms with E-state index in [0.29, 0.717) is 5.02 Å². The number of carbonyl (C=O) groups is 2. The van der Waals surface area contributed by atoms with Gasteiger partial charge in [-0.05, 0) is 42.8 Å². The number of hydrogen-bond donors (Lipinski definition) is 3. The van der Waals surface area contributed by atoms with Gasteiger partial charge in [-0.15, -0.1) is 11.8 Å². The van der Waals surface area contributed by atoms with Gasteiger partial charge in [-0.25, -0.2) is 8.42 Å². The number of carbonyl (C=O) groups excluding carboxylic acids is 2. The van der Waals surface area contributed by atoms with E-state index in [2.05, 4.69) is 16.0 Å². The first-order chi connectivity index (χ1) is 13.8. The van der Waals surface area contributed by atoms with Crippen LogP contribution in [0.3, 0.4) is 0 Å². The van der Waals surface area contributed by atoms with E-state index in [1.165, 1.54) is 36.0 Å². The normalized spacial score (nSPS) is 19.4. The lowest BCUT2D eigenvalue weighted by Gasteiger charge is -2.29. The van der Waals surface area contributed by atoms with E-state index in [0.717, 1.165) is 11.3 Å². The van der Waals surface area contributed by atoms with E-state index in [-0.39, 0.29) is 23.1 Å². The smallest absolute Gasteiger partial charge is 0.241 e. The van der Waals surface area contributed by atoms with Crippen LogP contribution in [0.4, 0.5) is 5.69 Å². The summed E-state index contributed by atoms with van der Waals surface area (Å²) in [5.41, 5.74) is 1.12. The van der Waals surface area contributed by atoms with Crippen molar-refractivity contribution in [3.05, 3.63) is 59.1 Å². The average Bonchev–Trinajstić information content (AvgIpc) is 2.68. The zero-order valence-electron chi connectivity index (χ0n) is 15.5. The van der Waals surface area contributed by atoms with Crippen molar-refractivity contribution < 1.29 is 18.0 Å². The van der Waals surface area contributed by atoms with Crippen LogP contribution in [0.5, 0.6) is 0 Å². The van der Waals surface area contributed by atoms with Crippen molar-refractivity contribution in [1.82, 2.24) is 10.6 Å². The summed E-state index contributed by atoms with van der Waals surface area (Å²) in [5.74, 6) is -0.715. The molecule has 1 fully saturated rings. The number of aryl methyl sites for hydroxylation is 1. The lowest BCUT2D eigenvalue weighted by molar-refractivity contribution is -0.122. The van der Waals surface area contributed by atoms with Crippen molar-refractivity contribution in [3.8, 4) is 0 Å². The van der Waals surface area contributed by atoms with Crippen LogP contribution >= 0.6 is 23.4 Å². The SMILES string of the molecule is Cc1ccccc1NC(=O)CSC1NCC(S(=O)(=O)c2ccc(Cl)cc2)C(=O)N1. The predicted molar refractivity (Wildman–Crippen MR) is 115 cm³/mol.